The number of alkyl halides is 3. The minimum atomic E-state index is -4.73. The van der Waals surface area contributed by atoms with E-state index in [1.165, 1.54) is 17.7 Å². The molecule has 0 saturated carbocycles. The Morgan fingerprint density at radius 2 is 1.71 bits per heavy atom. The Morgan fingerprint density at radius 1 is 1.00 bits per heavy atom. The number of nitrogens with zero attached hydrogens (tertiary/aromatic N) is 3. The van der Waals surface area contributed by atoms with Crippen molar-refractivity contribution in [2.24, 2.45) is 5.10 Å². The lowest BCUT2D eigenvalue weighted by atomic mass is 9.93. The molecule has 5 rings (SSSR count). The maximum atomic E-state index is 13.1. The molecule has 1 atom stereocenters. The summed E-state index contributed by atoms with van der Waals surface area (Å²) < 4.78 is 41.1. The molecule has 1 unspecified atom stereocenters. The topological polar surface area (TPSA) is 45.1 Å². The van der Waals surface area contributed by atoms with Crippen LogP contribution in [0.15, 0.2) is 71.8 Å². The van der Waals surface area contributed by atoms with Crippen molar-refractivity contribution >= 4 is 12.1 Å². The fourth-order valence-corrected chi connectivity index (χ4v) is 4.70. The van der Waals surface area contributed by atoms with Gasteiger partial charge in [0.15, 0.2) is 0 Å². The number of hydrazone groups is 1. The van der Waals surface area contributed by atoms with E-state index in [4.69, 9.17) is 0 Å². The first-order valence-electron chi connectivity index (χ1n) is 11.4. The number of amides is 1. The molecule has 0 spiro atoms. The number of carbonyl (C=O) groups excluding carboxylic acids is 1. The highest BCUT2D eigenvalue weighted by atomic mass is 19.4. The largest absolute Gasteiger partial charge is 0.573 e. The zero-order chi connectivity index (χ0) is 24.6. The molecule has 0 fully saturated rings. The van der Waals surface area contributed by atoms with Crippen LogP contribution >= 0.6 is 0 Å². The van der Waals surface area contributed by atoms with Gasteiger partial charge in [0.25, 0.3) is 5.91 Å². The molecular formula is C27H24F3N3O2. The third-order valence-corrected chi connectivity index (χ3v) is 6.29. The SMILES string of the molecule is Cc1cc(C2C=NN(Cc3ccccc3)C2)cc2c1C(=O)N(Cc1ccc(OC(F)(F)F)cc1)C2. The zero-order valence-electron chi connectivity index (χ0n) is 19.1. The predicted octanol–water partition coefficient (Wildman–Crippen LogP) is 5.63. The van der Waals surface area contributed by atoms with Crippen LogP contribution in [0, 0.1) is 6.92 Å². The van der Waals surface area contributed by atoms with E-state index in [9.17, 15) is 18.0 Å². The van der Waals surface area contributed by atoms with Crippen LogP contribution in [0.1, 0.15) is 44.1 Å². The van der Waals surface area contributed by atoms with Gasteiger partial charge in [-0.05, 0) is 46.9 Å². The fraction of sp³-hybridized carbons (Fsp3) is 0.259. The smallest absolute Gasteiger partial charge is 0.406 e. The predicted molar refractivity (Wildman–Crippen MR) is 126 cm³/mol. The lowest BCUT2D eigenvalue weighted by Gasteiger charge is -2.17. The first-order chi connectivity index (χ1) is 16.7. The number of rotatable bonds is 6. The summed E-state index contributed by atoms with van der Waals surface area (Å²) in [6.07, 6.45) is -2.77. The summed E-state index contributed by atoms with van der Waals surface area (Å²) >= 11 is 0. The average Bonchev–Trinajstić information content (AvgIpc) is 3.39. The number of benzene rings is 3. The molecule has 3 aromatic carbocycles. The summed E-state index contributed by atoms with van der Waals surface area (Å²) in [5.41, 5.74) is 5.67. The maximum absolute atomic E-state index is 13.1. The van der Waals surface area contributed by atoms with Gasteiger partial charge < -0.3 is 9.64 Å². The van der Waals surface area contributed by atoms with Crippen molar-refractivity contribution in [1.29, 1.82) is 0 Å². The summed E-state index contributed by atoms with van der Waals surface area (Å²) in [5.74, 6) is -0.198. The summed E-state index contributed by atoms with van der Waals surface area (Å²) in [7, 11) is 0. The molecule has 0 bridgehead atoms. The number of ether oxygens (including phenoxy) is 1. The molecule has 8 heteroatoms. The van der Waals surface area contributed by atoms with Crippen molar-refractivity contribution in [2.75, 3.05) is 6.54 Å². The van der Waals surface area contributed by atoms with Crippen LogP contribution in [0.25, 0.3) is 0 Å². The molecule has 2 heterocycles. The molecule has 2 aliphatic heterocycles. The summed E-state index contributed by atoms with van der Waals surface area (Å²) in [6.45, 7) is 4.24. The van der Waals surface area contributed by atoms with Crippen LogP contribution in [0.4, 0.5) is 13.2 Å². The highest BCUT2D eigenvalue weighted by Crippen LogP contribution is 2.32. The quantitative estimate of drug-likeness (QED) is 0.460. The van der Waals surface area contributed by atoms with Gasteiger partial charge in [-0.1, -0.05) is 54.6 Å². The lowest BCUT2D eigenvalue weighted by Crippen LogP contribution is -2.23. The first kappa shape index (κ1) is 23.0. The Labute approximate surface area is 201 Å². The Bertz CT molecular complexity index is 1260. The standard InChI is InChI=1S/C27H24F3N3O2/c1-18-11-21(23-13-31-33(17-23)15-19-5-3-2-4-6-19)12-22-16-32(26(34)25(18)22)14-20-7-9-24(10-8-20)35-27(28,29)30/h2-13,23H,14-17H2,1H3. The van der Waals surface area contributed by atoms with Gasteiger partial charge >= 0.3 is 6.36 Å². The van der Waals surface area contributed by atoms with Crippen LogP contribution < -0.4 is 4.74 Å². The van der Waals surface area contributed by atoms with Crippen LogP contribution in [0.3, 0.4) is 0 Å². The fourth-order valence-electron chi connectivity index (χ4n) is 4.70. The van der Waals surface area contributed by atoms with E-state index in [2.05, 4.69) is 34.1 Å². The molecule has 2 aliphatic rings. The lowest BCUT2D eigenvalue weighted by molar-refractivity contribution is -0.274. The molecule has 0 saturated heterocycles. The van der Waals surface area contributed by atoms with Gasteiger partial charge in [-0.15, -0.1) is 13.2 Å². The number of halogens is 3. The van der Waals surface area contributed by atoms with E-state index in [0.717, 1.165) is 35.3 Å². The molecule has 5 nitrogen and oxygen atoms in total. The first-order valence-corrected chi connectivity index (χ1v) is 11.4. The van der Waals surface area contributed by atoms with Gasteiger partial charge in [-0.25, -0.2) is 0 Å². The van der Waals surface area contributed by atoms with E-state index in [0.29, 0.717) is 18.7 Å². The van der Waals surface area contributed by atoms with Crippen LogP contribution in [-0.4, -0.2) is 34.9 Å². The second-order valence-corrected chi connectivity index (χ2v) is 8.93. The summed E-state index contributed by atoms with van der Waals surface area (Å²) in [5, 5.41) is 6.63. The van der Waals surface area contributed by atoms with Crippen molar-refractivity contribution < 1.29 is 22.7 Å². The minimum Gasteiger partial charge on any atom is -0.406 e. The van der Waals surface area contributed by atoms with Gasteiger partial charge in [-0.2, -0.15) is 5.10 Å². The van der Waals surface area contributed by atoms with Crippen molar-refractivity contribution in [3.8, 4) is 5.75 Å². The Kier molecular flexibility index (Phi) is 5.96. The highest BCUT2D eigenvalue weighted by molar-refractivity contribution is 6.00. The molecule has 0 aromatic heterocycles. The second kappa shape index (κ2) is 9.09. The van der Waals surface area contributed by atoms with E-state index >= 15 is 0 Å². The molecule has 180 valence electrons. The highest BCUT2D eigenvalue weighted by Gasteiger charge is 2.32. The number of hydrogen-bond acceptors (Lipinski definition) is 4. The number of aryl methyl sites for hydroxylation is 1. The number of hydrogen-bond donors (Lipinski definition) is 0. The Morgan fingerprint density at radius 3 is 2.43 bits per heavy atom. The maximum Gasteiger partial charge on any atom is 0.573 e. The van der Waals surface area contributed by atoms with Crippen LogP contribution in [0.5, 0.6) is 5.75 Å². The van der Waals surface area contributed by atoms with Gasteiger partial charge in [-0.3, -0.25) is 9.80 Å². The van der Waals surface area contributed by atoms with E-state index < -0.39 is 6.36 Å². The third-order valence-electron chi connectivity index (χ3n) is 6.29. The summed E-state index contributed by atoms with van der Waals surface area (Å²) in [6, 6.07) is 20.0. The van der Waals surface area contributed by atoms with Crippen molar-refractivity contribution in [2.45, 2.75) is 38.8 Å². The number of carbonyl (C=O) groups is 1. The van der Waals surface area contributed by atoms with Gasteiger partial charge in [0, 0.05) is 37.3 Å². The third kappa shape index (κ3) is 5.16. The molecule has 0 aliphatic carbocycles. The van der Waals surface area contributed by atoms with Crippen LogP contribution in [-0.2, 0) is 19.6 Å². The zero-order valence-corrected chi connectivity index (χ0v) is 19.1. The molecule has 1 amide bonds. The molecular weight excluding hydrogens is 455 g/mol. The average molecular weight is 480 g/mol. The number of fused-ring (bicyclic) bond motifs is 1. The molecule has 0 N–H and O–H groups in total. The second-order valence-electron chi connectivity index (χ2n) is 8.93. The van der Waals surface area contributed by atoms with Gasteiger partial charge in [0.1, 0.15) is 5.75 Å². The minimum absolute atomic E-state index is 0.0644. The molecule has 0 radical (unpaired) electrons. The Balaban J connectivity index is 1.26. The van der Waals surface area contributed by atoms with E-state index in [1.54, 1.807) is 17.0 Å². The van der Waals surface area contributed by atoms with Gasteiger partial charge in [0.05, 0.1) is 6.54 Å². The van der Waals surface area contributed by atoms with Crippen LogP contribution in [0.2, 0.25) is 0 Å². The van der Waals surface area contributed by atoms with Crippen molar-refractivity contribution in [1.82, 2.24) is 9.91 Å². The molecule has 35 heavy (non-hydrogen) atoms. The van der Waals surface area contributed by atoms with Crippen molar-refractivity contribution in [3.63, 3.8) is 0 Å². The van der Waals surface area contributed by atoms with Crippen molar-refractivity contribution in [3.05, 3.63) is 100 Å². The van der Waals surface area contributed by atoms with E-state index in [1.807, 2.05) is 36.3 Å². The molecule has 3 aromatic rings. The Hall–Kier alpha value is -3.81. The van der Waals surface area contributed by atoms with E-state index in [-0.39, 0.29) is 17.6 Å². The van der Waals surface area contributed by atoms with Gasteiger partial charge in [0.2, 0.25) is 0 Å². The monoisotopic (exact) mass is 479 g/mol. The normalized spacial score (nSPS) is 17.3. The summed E-state index contributed by atoms with van der Waals surface area (Å²) in [4.78, 5) is 14.8.